The number of anilines is 1. The first kappa shape index (κ1) is 18.5. The van der Waals surface area contributed by atoms with Crippen molar-refractivity contribution in [2.24, 2.45) is 0 Å². The largest absolute Gasteiger partial charge is 0.384 e. The number of amides is 1. The minimum atomic E-state index is -0.00864. The van der Waals surface area contributed by atoms with Crippen molar-refractivity contribution in [3.63, 3.8) is 0 Å². The predicted octanol–water partition coefficient (Wildman–Crippen LogP) is 5.12. The second-order valence-corrected chi connectivity index (χ2v) is 6.91. The van der Waals surface area contributed by atoms with Crippen molar-refractivity contribution in [1.29, 1.82) is 0 Å². The fraction of sp³-hybridized carbons (Fsp3) is 0.200. The van der Waals surface area contributed by atoms with E-state index >= 15 is 0 Å². The van der Waals surface area contributed by atoms with Crippen LogP contribution in [0.5, 0.6) is 0 Å². The number of hydrogen-bond acceptors (Lipinski definition) is 3. The lowest BCUT2D eigenvalue weighted by Crippen LogP contribution is -2.28. The molecule has 0 radical (unpaired) electrons. The quantitative estimate of drug-likeness (QED) is 0.597. The molecule has 4 nitrogen and oxygen atoms in total. The lowest BCUT2D eigenvalue weighted by molar-refractivity contribution is 0.0794. The van der Waals surface area contributed by atoms with Gasteiger partial charge in [-0.2, -0.15) is 0 Å². The van der Waals surface area contributed by atoms with E-state index in [1.54, 1.807) is 42.4 Å². The zero-order valence-corrected chi connectivity index (χ0v) is 15.9. The number of rotatable bonds is 6. The molecule has 3 aromatic rings. The molecule has 0 aliphatic rings. The maximum absolute atomic E-state index is 12.4. The molecule has 1 N–H and O–H groups in total. The smallest absolute Gasteiger partial charge is 0.253 e. The molecule has 0 bridgehead atoms. The molecule has 0 fully saturated rings. The van der Waals surface area contributed by atoms with Gasteiger partial charge in [0.1, 0.15) is 0 Å². The van der Waals surface area contributed by atoms with Gasteiger partial charge in [0.15, 0.2) is 0 Å². The number of pyridine rings is 1. The molecule has 3 rings (SSSR count). The molecular formula is C20H19Cl2N3O. The van der Waals surface area contributed by atoms with Gasteiger partial charge in [-0.1, -0.05) is 23.2 Å². The first-order valence-electron chi connectivity index (χ1n) is 8.34. The van der Waals surface area contributed by atoms with Crippen LogP contribution in [0.2, 0.25) is 10.0 Å². The zero-order valence-electron chi connectivity index (χ0n) is 14.4. The highest BCUT2D eigenvalue weighted by Crippen LogP contribution is 2.24. The molecule has 134 valence electrons. The van der Waals surface area contributed by atoms with E-state index in [4.69, 9.17) is 23.2 Å². The first-order valence-corrected chi connectivity index (χ1v) is 9.09. The lowest BCUT2D eigenvalue weighted by atomic mass is 10.2. The van der Waals surface area contributed by atoms with Gasteiger partial charge in [0.25, 0.3) is 5.91 Å². The molecule has 2 aromatic carbocycles. The summed E-state index contributed by atoms with van der Waals surface area (Å²) in [5, 5.41) is 5.74. The molecule has 26 heavy (non-hydrogen) atoms. The molecule has 0 saturated carbocycles. The summed E-state index contributed by atoms with van der Waals surface area (Å²) in [6.45, 7) is 1.41. The summed E-state index contributed by atoms with van der Waals surface area (Å²) in [5.74, 6) is -0.00864. The molecule has 0 unspecified atom stereocenters. The molecular weight excluding hydrogens is 369 g/mol. The number of hydrogen-bond donors (Lipinski definition) is 1. The molecule has 0 aliphatic heterocycles. The van der Waals surface area contributed by atoms with Gasteiger partial charge in [0, 0.05) is 53.0 Å². The van der Waals surface area contributed by atoms with Gasteiger partial charge in [0.2, 0.25) is 0 Å². The molecule has 0 spiro atoms. The minimum absolute atomic E-state index is 0.00864. The van der Waals surface area contributed by atoms with E-state index in [-0.39, 0.29) is 5.91 Å². The van der Waals surface area contributed by atoms with Crippen LogP contribution in [0.1, 0.15) is 16.8 Å². The van der Waals surface area contributed by atoms with Crippen LogP contribution in [0.15, 0.2) is 54.7 Å². The topological polar surface area (TPSA) is 45.2 Å². The average molecular weight is 388 g/mol. The Hall–Kier alpha value is -2.30. The monoisotopic (exact) mass is 387 g/mol. The maximum atomic E-state index is 12.4. The third kappa shape index (κ3) is 4.45. The Balaban J connectivity index is 1.54. The van der Waals surface area contributed by atoms with E-state index in [0.29, 0.717) is 22.2 Å². The summed E-state index contributed by atoms with van der Waals surface area (Å²) in [6, 6.07) is 14.6. The summed E-state index contributed by atoms with van der Waals surface area (Å²) >= 11 is 11.9. The van der Waals surface area contributed by atoms with Crippen LogP contribution in [0.4, 0.5) is 5.69 Å². The van der Waals surface area contributed by atoms with Gasteiger partial charge >= 0.3 is 0 Å². The van der Waals surface area contributed by atoms with Crippen molar-refractivity contribution in [1.82, 2.24) is 9.88 Å². The Labute approximate surface area is 162 Å². The Morgan fingerprint density at radius 1 is 1.08 bits per heavy atom. The van der Waals surface area contributed by atoms with Crippen LogP contribution in [-0.4, -0.2) is 35.9 Å². The highest BCUT2D eigenvalue weighted by molar-refractivity contribution is 6.31. The van der Waals surface area contributed by atoms with Crippen molar-refractivity contribution in [2.45, 2.75) is 6.42 Å². The number of aromatic nitrogens is 1. The van der Waals surface area contributed by atoms with Crippen LogP contribution in [0, 0.1) is 0 Å². The number of benzene rings is 2. The standard InChI is InChI=1S/C20H19Cl2N3O/c1-25(20(26)14-3-5-15(21)6-4-14)12-2-10-23-18-9-11-24-19-13-16(22)7-8-17(18)19/h3-9,11,13H,2,10,12H2,1H3,(H,23,24). The second kappa shape index (κ2) is 8.39. The molecule has 1 amide bonds. The van der Waals surface area contributed by atoms with E-state index < -0.39 is 0 Å². The Morgan fingerprint density at radius 2 is 1.81 bits per heavy atom. The number of halogens is 2. The van der Waals surface area contributed by atoms with Gasteiger partial charge in [-0.3, -0.25) is 9.78 Å². The lowest BCUT2D eigenvalue weighted by Gasteiger charge is -2.18. The first-order chi connectivity index (χ1) is 12.5. The van der Waals surface area contributed by atoms with Crippen LogP contribution in [-0.2, 0) is 0 Å². The summed E-state index contributed by atoms with van der Waals surface area (Å²) in [6.07, 6.45) is 2.59. The Morgan fingerprint density at radius 3 is 2.58 bits per heavy atom. The van der Waals surface area contributed by atoms with Crippen molar-refractivity contribution in [3.05, 3.63) is 70.3 Å². The normalized spacial score (nSPS) is 10.7. The van der Waals surface area contributed by atoms with E-state index in [9.17, 15) is 4.79 Å². The van der Waals surface area contributed by atoms with Crippen molar-refractivity contribution in [3.8, 4) is 0 Å². The number of fused-ring (bicyclic) bond motifs is 1. The molecule has 1 heterocycles. The van der Waals surface area contributed by atoms with Crippen molar-refractivity contribution in [2.75, 3.05) is 25.5 Å². The SMILES string of the molecule is CN(CCCNc1ccnc2cc(Cl)ccc12)C(=O)c1ccc(Cl)cc1. The van der Waals surface area contributed by atoms with Gasteiger partial charge in [-0.05, 0) is 55.0 Å². The summed E-state index contributed by atoms with van der Waals surface area (Å²) in [4.78, 5) is 18.4. The highest BCUT2D eigenvalue weighted by Gasteiger charge is 2.11. The Kier molecular flexibility index (Phi) is 5.96. The number of nitrogens with zero attached hydrogens (tertiary/aromatic N) is 2. The fourth-order valence-corrected chi connectivity index (χ4v) is 3.02. The Bertz CT molecular complexity index is 913. The number of nitrogens with one attached hydrogen (secondary N) is 1. The van der Waals surface area contributed by atoms with E-state index in [1.165, 1.54) is 0 Å². The van der Waals surface area contributed by atoms with Gasteiger partial charge < -0.3 is 10.2 Å². The third-order valence-corrected chi connectivity index (χ3v) is 4.62. The molecule has 0 aliphatic carbocycles. The van der Waals surface area contributed by atoms with E-state index in [1.807, 2.05) is 24.3 Å². The van der Waals surface area contributed by atoms with E-state index in [0.717, 1.165) is 29.6 Å². The van der Waals surface area contributed by atoms with Crippen LogP contribution < -0.4 is 5.32 Å². The van der Waals surface area contributed by atoms with Gasteiger partial charge in [-0.25, -0.2) is 0 Å². The number of carbonyl (C=O) groups is 1. The minimum Gasteiger partial charge on any atom is -0.384 e. The average Bonchev–Trinajstić information content (AvgIpc) is 2.64. The summed E-state index contributed by atoms with van der Waals surface area (Å²) in [5.41, 5.74) is 2.51. The zero-order chi connectivity index (χ0) is 18.5. The molecule has 0 atom stereocenters. The third-order valence-electron chi connectivity index (χ3n) is 4.13. The van der Waals surface area contributed by atoms with Crippen LogP contribution in [0.3, 0.4) is 0 Å². The number of carbonyl (C=O) groups excluding carboxylic acids is 1. The highest BCUT2D eigenvalue weighted by atomic mass is 35.5. The van der Waals surface area contributed by atoms with Gasteiger partial charge in [0.05, 0.1) is 5.52 Å². The van der Waals surface area contributed by atoms with Gasteiger partial charge in [-0.15, -0.1) is 0 Å². The van der Waals surface area contributed by atoms with Crippen molar-refractivity contribution >= 4 is 45.7 Å². The van der Waals surface area contributed by atoms with Crippen molar-refractivity contribution < 1.29 is 4.79 Å². The maximum Gasteiger partial charge on any atom is 0.253 e. The van der Waals surface area contributed by atoms with Crippen LogP contribution in [0.25, 0.3) is 10.9 Å². The van der Waals surface area contributed by atoms with Crippen LogP contribution >= 0.6 is 23.2 Å². The second-order valence-electron chi connectivity index (χ2n) is 6.03. The summed E-state index contributed by atoms with van der Waals surface area (Å²) in [7, 11) is 1.81. The molecule has 1 aromatic heterocycles. The summed E-state index contributed by atoms with van der Waals surface area (Å²) < 4.78 is 0. The molecule has 0 saturated heterocycles. The molecule has 6 heteroatoms. The predicted molar refractivity (Wildman–Crippen MR) is 108 cm³/mol. The van der Waals surface area contributed by atoms with E-state index in [2.05, 4.69) is 10.3 Å². The fourth-order valence-electron chi connectivity index (χ4n) is 2.73.